The van der Waals surface area contributed by atoms with Crippen molar-refractivity contribution in [2.24, 2.45) is 71.0 Å². The maximum atomic E-state index is 2.57. The van der Waals surface area contributed by atoms with E-state index in [4.69, 9.17) is 0 Å². The number of hydrogen-bond acceptors (Lipinski definition) is 0. The van der Waals surface area contributed by atoms with Gasteiger partial charge in [0.2, 0.25) is 0 Å². The van der Waals surface area contributed by atoms with Crippen molar-refractivity contribution in [2.45, 2.75) is 69.6 Å². The van der Waals surface area contributed by atoms with E-state index in [2.05, 4.69) is 123 Å². The molecular formula is C45H50. The molecule has 8 bridgehead atoms. The first-order valence-corrected chi connectivity index (χ1v) is 18.7. The lowest BCUT2D eigenvalue weighted by molar-refractivity contribution is 0.162. The minimum Gasteiger partial charge on any atom is -0.0848 e. The number of hydrogen-bond donors (Lipinski definition) is 0. The Hall–Kier alpha value is -2.86. The number of allylic oxidation sites excluding steroid dienone is 4. The normalized spacial score (nSPS) is 44.9. The molecule has 230 valence electrons. The third-order valence-corrected chi connectivity index (χ3v) is 15.1. The third kappa shape index (κ3) is 3.96. The van der Waals surface area contributed by atoms with Crippen molar-refractivity contribution in [2.75, 3.05) is 0 Å². The largest absolute Gasteiger partial charge is 0.0848 e. The first-order chi connectivity index (χ1) is 22.2. The van der Waals surface area contributed by atoms with Crippen LogP contribution in [-0.2, 0) is 0 Å². The van der Waals surface area contributed by atoms with Gasteiger partial charge in [-0.15, -0.1) is 0 Å². The van der Waals surface area contributed by atoms with Gasteiger partial charge < -0.3 is 0 Å². The summed E-state index contributed by atoms with van der Waals surface area (Å²) in [4.78, 5) is 0. The molecule has 15 unspecified atom stereocenters. The van der Waals surface area contributed by atoms with E-state index in [1.165, 1.54) is 32.1 Å². The quantitative estimate of drug-likeness (QED) is 0.209. The van der Waals surface area contributed by atoms with Gasteiger partial charge >= 0.3 is 0 Å². The highest BCUT2D eigenvalue weighted by Crippen LogP contribution is 2.73. The van der Waals surface area contributed by atoms with Gasteiger partial charge in [-0.05, 0) is 149 Å². The number of fused-ring (bicyclic) bond motifs is 18. The van der Waals surface area contributed by atoms with Crippen molar-refractivity contribution in [1.29, 1.82) is 0 Å². The average Bonchev–Trinajstić information content (AvgIpc) is 3.94. The Morgan fingerprint density at radius 2 is 0.956 bits per heavy atom. The van der Waals surface area contributed by atoms with E-state index in [0.717, 1.165) is 88.8 Å². The molecule has 6 fully saturated rings. The SMILES string of the molecule is C1=CC2CC1C1C3CC(C(c4ccccc4)C3c3ccccc3)C21.CC(C)c1ccccc1C1CC2CC1C1C3C=CC(C3)C21. The van der Waals surface area contributed by atoms with Crippen LogP contribution < -0.4 is 0 Å². The Kier molecular flexibility index (Phi) is 6.25. The van der Waals surface area contributed by atoms with Crippen LogP contribution in [0.2, 0.25) is 0 Å². The fourth-order valence-electron chi connectivity index (χ4n) is 14.0. The molecule has 0 amide bonds. The van der Waals surface area contributed by atoms with E-state index in [9.17, 15) is 0 Å². The Labute approximate surface area is 271 Å². The van der Waals surface area contributed by atoms with Crippen LogP contribution in [0.15, 0.2) is 109 Å². The lowest BCUT2D eigenvalue weighted by atomic mass is 9.61. The molecule has 6 saturated carbocycles. The Morgan fingerprint density at radius 3 is 1.51 bits per heavy atom. The second-order valence-electron chi connectivity index (χ2n) is 16.9. The molecule has 0 spiro atoms. The molecule has 3 aromatic rings. The van der Waals surface area contributed by atoms with E-state index in [0.29, 0.717) is 5.92 Å². The van der Waals surface area contributed by atoms with Crippen LogP contribution in [0.3, 0.4) is 0 Å². The second-order valence-corrected chi connectivity index (χ2v) is 16.9. The van der Waals surface area contributed by atoms with Gasteiger partial charge in [-0.25, -0.2) is 0 Å². The van der Waals surface area contributed by atoms with Crippen molar-refractivity contribution in [3.63, 3.8) is 0 Å². The first-order valence-electron chi connectivity index (χ1n) is 18.7. The zero-order valence-corrected chi connectivity index (χ0v) is 27.2. The summed E-state index contributed by atoms with van der Waals surface area (Å²) in [7, 11) is 0. The molecule has 8 aliphatic carbocycles. The summed E-state index contributed by atoms with van der Waals surface area (Å²) in [6.45, 7) is 4.71. The molecule has 0 heteroatoms. The van der Waals surface area contributed by atoms with Crippen LogP contribution in [-0.4, -0.2) is 0 Å². The highest BCUT2D eigenvalue weighted by Gasteiger charge is 2.65. The molecule has 0 N–H and O–H groups in total. The van der Waals surface area contributed by atoms with Crippen LogP contribution in [0, 0.1) is 71.0 Å². The van der Waals surface area contributed by atoms with E-state index in [1.54, 1.807) is 22.3 Å². The van der Waals surface area contributed by atoms with Gasteiger partial charge in [-0.2, -0.15) is 0 Å². The van der Waals surface area contributed by atoms with Gasteiger partial charge in [0.15, 0.2) is 0 Å². The average molecular weight is 591 g/mol. The Bertz CT molecular complexity index is 1550. The molecule has 45 heavy (non-hydrogen) atoms. The van der Waals surface area contributed by atoms with Crippen LogP contribution in [0.1, 0.15) is 91.9 Å². The van der Waals surface area contributed by atoms with Crippen molar-refractivity contribution < 1.29 is 0 Å². The maximum absolute atomic E-state index is 2.57. The van der Waals surface area contributed by atoms with Gasteiger partial charge in [0, 0.05) is 0 Å². The monoisotopic (exact) mass is 590 g/mol. The molecule has 3 aromatic carbocycles. The summed E-state index contributed by atoms with van der Waals surface area (Å²) < 4.78 is 0. The van der Waals surface area contributed by atoms with Crippen LogP contribution in [0.25, 0.3) is 0 Å². The summed E-state index contributed by atoms with van der Waals surface area (Å²) in [6, 6.07) is 32.2. The zero-order chi connectivity index (χ0) is 29.8. The van der Waals surface area contributed by atoms with Gasteiger partial charge in [-0.3, -0.25) is 0 Å². The molecule has 11 rings (SSSR count). The summed E-state index contributed by atoms with van der Waals surface area (Å²) in [5, 5.41) is 0. The number of rotatable bonds is 4. The van der Waals surface area contributed by atoms with Crippen molar-refractivity contribution >= 4 is 0 Å². The minimum atomic E-state index is 0.663. The van der Waals surface area contributed by atoms with Crippen LogP contribution >= 0.6 is 0 Å². The summed E-state index contributed by atoms with van der Waals surface area (Å²) in [5.41, 5.74) is 6.49. The van der Waals surface area contributed by atoms with E-state index < -0.39 is 0 Å². The molecule has 0 nitrogen and oxygen atoms in total. The molecule has 8 aliphatic rings. The molecule has 0 saturated heterocycles. The Balaban J connectivity index is 0.000000119. The van der Waals surface area contributed by atoms with Gasteiger partial charge in [0.1, 0.15) is 0 Å². The molecular weight excluding hydrogens is 540 g/mol. The van der Waals surface area contributed by atoms with Crippen molar-refractivity contribution in [3.8, 4) is 0 Å². The molecule has 15 atom stereocenters. The lowest BCUT2D eigenvalue weighted by Gasteiger charge is -2.42. The Morgan fingerprint density at radius 1 is 0.467 bits per heavy atom. The smallest absolute Gasteiger partial charge is 0.00589 e. The highest BCUT2D eigenvalue weighted by molar-refractivity contribution is 5.39. The number of benzene rings is 3. The molecule has 0 aromatic heterocycles. The predicted molar refractivity (Wildman–Crippen MR) is 185 cm³/mol. The lowest BCUT2D eigenvalue weighted by Crippen LogP contribution is -2.34. The maximum Gasteiger partial charge on any atom is -0.00589 e. The predicted octanol–water partition coefficient (Wildman–Crippen LogP) is 11.0. The topological polar surface area (TPSA) is 0 Å². The zero-order valence-electron chi connectivity index (χ0n) is 27.2. The summed E-state index contributed by atoms with van der Waals surface area (Å²) in [6.07, 6.45) is 17.7. The summed E-state index contributed by atoms with van der Waals surface area (Å²) >= 11 is 0. The van der Waals surface area contributed by atoms with Gasteiger partial charge in [0.25, 0.3) is 0 Å². The molecule has 0 aliphatic heterocycles. The third-order valence-electron chi connectivity index (χ3n) is 15.1. The van der Waals surface area contributed by atoms with Crippen LogP contribution in [0.4, 0.5) is 0 Å². The molecule has 0 radical (unpaired) electrons. The van der Waals surface area contributed by atoms with Gasteiger partial charge in [-0.1, -0.05) is 123 Å². The minimum absolute atomic E-state index is 0.663. The fraction of sp³-hybridized carbons (Fsp3) is 0.511. The standard InChI is InChI=1S/C24H24.C21H26/c1-3-7-15(8-4-1)21-19-14-20(22(21)16-9-5-2-6-10-16)24-18-12-11-17(13-18)23(19)24;1-12(2)16-5-3-4-6-17(16)18-10-15-11-19(18)21-14-8-7-13(9-14)20(15)21/h1-12,17-24H,13-14H2;3-8,12-15,18-21H,9-11H2,1-2H3. The fourth-order valence-corrected chi connectivity index (χ4v) is 14.0. The van der Waals surface area contributed by atoms with E-state index in [1.807, 2.05) is 0 Å². The van der Waals surface area contributed by atoms with Gasteiger partial charge in [0.05, 0.1) is 0 Å². The van der Waals surface area contributed by atoms with Crippen LogP contribution in [0.5, 0.6) is 0 Å². The summed E-state index contributed by atoms with van der Waals surface area (Å²) in [5.74, 6) is 14.5. The van der Waals surface area contributed by atoms with Crippen molar-refractivity contribution in [3.05, 3.63) is 131 Å². The highest BCUT2D eigenvalue weighted by atomic mass is 14.7. The van der Waals surface area contributed by atoms with E-state index >= 15 is 0 Å². The van der Waals surface area contributed by atoms with Crippen molar-refractivity contribution in [1.82, 2.24) is 0 Å². The second kappa shape index (κ2) is 10.3. The molecule has 0 heterocycles. The first kappa shape index (κ1) is 27.3. The van der Waals surface area contributed by atoms with E-state index in [-0.39, 0.29) is 0 Å².